The van der Waals surface area contributed by atoms with Crippen molar-refractivity contribution < 1.29 is 23.8 Å². The molecular formula is C15H20N2O5. The molecule has 1 saturated heterocycles. The first-order valence-corrected chi connectivity index (χ1v) is 6.93. The van der Waals surface area contributed by atoms with Crippen molar-refractivity contribution in [2.45, 2.75) is 0 Å². The van der Waals surface area contributed by atoms with Crippen molar-refractivity contribution >= 4 is 12.3 Å². The fraction of sp³-hybridized carbons (Fsp3) is 0.467. The van der Waals surface area contributed by atoms with Gasteiger partial charge in [0.2, 0.25) is 12.2 Å². The van der Waals surface area contributed by atoms with Gasteiger partial charge in [0.15, 0.2) is 11.5 Å². The largest absolute Gasteiger partial charge is 0.493 e. The molecule has 22 heavy (non-hydrogen) atoms. The van der Waals surface area contributed by atoms with Crippen LogP contribution in [0.1, 0.15) is 10.4 Å². The van der Waals surface area contributed by atoms with E-state index in [2.05, 4.69) is 0 Å². The van der Waals surface area contributed by atoms with Crippen LogP contribution in [0.15, 0.2) is 12.1 Å². The Labute approximate surface area is 129 Å². The molecular weight excluding hydrogens is 288 g/mol. The molecule has 1 aliphatic rings. The van der Waals surface area contributed by atoms with Gasteiger partial charge in [-0.15, -0.1) is 0 Å². The van der Waals surface area contributed by atoms with Crippen molar-refractivity contribution in [1.29, 1.82) is 0 Å². The van der Waals surface area contributed by atoms with Crippen LogP contribution >= 0.6 is 0 Å². The number of hydrogen-bond acceptors (Lipinski definition) is 5. The molecule has 0 atom stereocenters. The van der Waals surface area contributed by atoms with Crippen molar-refractivity contribution in [3.05, 3.63) is 17.7 Å². The van der Waals surface area contributed by atoms with E-state index in [-0.39, 0.29) is 5.91 Å². The molecule has 1 aromatic rings. The first-order valence-electron chi connectivity index (χ1n) is 6.93. The first-order chi connectivity index (χ1) is 10.6. The minimum absolute atomic E-state index is 0.121. The molecule has 7 heteroatoms. The summed E-state index contributed by atoms with van der Waals surface area (Å²) in [5.41, 5.74) is 0.467. The summed E-state index contributed by atoms with van der Waals surface area (Å²) in [6.45, 7) is 2.10. The highest BCUT2D eigenvalue weighted by atomic mass is 16.5. The first kappa shape index (κ1) is 15.9. The third-order valence-corrected chi connectivity index (χ3v) is 3.66. The van der Waals surface area contributed by atoms with Gasteiger partial charge in [-0.05, 0) is 12.1 Å². The molecule has 7 nitrogen and oxygen atoms in total. The number of rotatable bonds is 5. The Bertz CT molecular complexity index is 528. The lowest BCUT2D eigenvalue weighted by Gasteiger charge is -2.32. The Kier molecular flexibility index (Phi) is 5.08. The summed E-state index contributed by atoms with van der Waals surface area (Å²) in [6, 6.07) is 3.27. The summed E-state index contributed by atoms with van der Waals surface area (Å²) in [5, 5.41) is 0. The number of benzene rings is 1. The van der Waals surface area contributed by atoms with Gasteiger partial charge >= 0.3 is 0 Å². The molecule has 1 heterocycles. The van der Waals surface area contributed by atoms with E-state index in [0.717, 1.165) is 6.41 Å². The normalized spacial score (nSPS) is 14.5. The third kappa shape index (κ3) is 3.08. The SMILES string of the molecule is COc1cc(C(=O)N2CCN(C=O)CC2)cc(OC)c1OC. The lowest BCUT2D eigenvalue weighted by molar-refractivity contribution is -0.119. The molecule has 0 aliphatic carbocycles. The number of carbonyl (C=O) groups excluding carboxylic acids is 2. The Morgan fingerprint density at radius 2 is 1.55 bits per heavy atom. The maximum Gasteiger partial charge on any atom is 0.254 e. The van der Waals surface area contributed by atoms with Gasteiger partial charge in [-0.2, -0.15) is 0 Å². The number of piperazine rings is 1. The smallest absolute Gasteiger partial charge is 0.254 e. The minimum Gasteiger partial charge on any atom is -0.493 e. The van der Waals surface area contributed by atoms with Gasteiger partial charge in [-0.3, -0.25) is 9.59 Å². The van der Waals surface area contributed by atoms with Crippen LogP contribution in [0, 0.1) is 0 Å². The lowest BCUT2D eigenvalue weighted by Crippen LogP contribution is -2.48. The van der Waals surface area contributed by atoms with Gasteiger partial charge in [-0.25, -0.2) is 0 Å². The van der Waals surface area contributed by atoms with E-state index in [0.29, 0.717) is 49.0 Å². The second-order valence-corrected chi connectivity index (χ2v) is 4.85. The summed E-state index contributed by atoms with van der Waals surface area (Å²) in [4.78, 5) is 26.7. The van der Waals surface area contributed by atoms with E-state index in [1.807, 2.05) is 0 Å². The molecule has 0 unspecified atom stereocenters. The van der Waals surface area contributed by atoms with Crippen LogP contribution in [0.4, 0.5) is 0 Å². The minimum atomic E-state index is -0.121. The number of ether oxygens (including phenoxy) is 3. The van der Waals surface area contributed by atoms with E-state index in [1.54, 1.807) is 21.9 Å². The molecule has 0 aromatic heterocycles. The second-order valence-electron chi connectivity index (χ2n) is 4.85. The number of nitrogens with zero attached hydrogens (tertiary/aromatic N) is 2. The van der Waals surface area contributed by atoms with Gasteiger partial charge in [0.25, 0.3) is 5.91 Å². The predicted molar refractivity (Wildman–Crippen MR) is 79.6 cm³/mol. The molecule has 0 bridgehead atoms. The summed E-state index contributed by atoms with van der Waals surface area (Å²) in [7, 11) is 4.53. The van der Waals surface area contributed by atoms with Gasteiger partial charge < -0.3 is 24.0 Å². The van der Waals surface area contributed by atoms with Crippen LogP contribution in [0.3, 0.4) is 0 Å². The molecule has 2 rings (SSSR count). The van der Waals surface area contributed by atoms with Crippen LogP contribution in [0.25, 0.3) is 0 Å². The fourth-order valence-electron chi connectivity index (χ4n) is 2.42. The predicted octanol–water partition coefficient (Wildman–Crippen LogP) is 0.627. The number of hydrogen-bond donors (Lipinski definition) is 0. The molecule has 1 aliphatic heterocycles. The van der Waals surface area contributed by atoms with E-state index in [4.69, 9.17) is 14.2 Å². The van der Waals surface area contributed by atoms with E-state index in [9.17, 15) is 9.59 Å². The lowest BCUT2D eigenvalue weighted by atomic mass is 10.1. The van der Waals surface area contributed by atoms with Crippen molar-refractivity contribution in [3.8, 4) is 17.2 Å². The van der Waals surface area contributed by atoms with Crippen molar-refractivity contribution in [1.82, 2.24) is 9.80 Å². The summed E-state index contributed by atoms with van der Waals surface area (Å²) >= 11 is 0. The fourth-order valence-corrected chi connectivity index (χ4v) is 2.42. The van der Waals surface area contributed by atoms with E-state index >= 15 is 0 Å². The zero-order valence-electron chi connectivity index (χ0n) is 13.0. The summed E-state index contributed by atoms with van der Waals surface area (Å²) in [6.07, 6.45) is 0.807. The monoisotopic (exact) mass is 308 g/mol. The molecule has 2 amide bonds. The van der Waals surface area contributed by atoms with Crippen LogP contribution in [-0.2, 0) is 4.79 Å². The summed E-state index contributed by atoms with van der Waals surface area (Å²) < 4.78 is 15.8. The Hall–Kier alpha value is -2.44. The molecule has 0 radical (unpaired) electrons. The zero-order valence-corrected chi connectivity index (χ0v) is 13.0. The number of carbonyl (C=O) groups is 2. The quantitative estimate of drug-likeness (QED) is 0.746. The maximum atomic E-state index is 12.6. The summed E-state index contributed by atoms with van der Waals surface area (Å²) in [5.74, 6) is 1.21. The van der Waals surface area contributed by atoms with Crippen LogP contribution in [-0.4, -0.2) is 69.6 Å². The Balaban J connectivity index is 2.24. The van der Waals surface area contributed by atoms with Gasteiger partial charge in [0.1, 0.15) is 0 Å². The van der Waals surface area contributed by atoms with Crippen molar-refractivity contribution in [2.75, 3.05) is 47.5 Å². The Morgan fingerprint density at radius 1 is 1.00 bits per heavy atom. The molecule has 1 fully saturated rings. The topological polar surface area (TPSA) is 68.3 Å². The van der Waals surface area contributed by atoms with Crippen LogP contribution in [0.2, 0.25) is 0 Å². The number of amides is 2. The molecule has 0 N–H and O–H groups in total. The highest BCUT2D eigenvalue weighted by Gasteiger charge is 2.24. The zero-order chi connectivity index (χ0) is 16.1. The van der Waals surface area contributed by atoms with Gasteiger partial charge in [0, 0.05) is 31.7 Å². The van der Waals surface area contributed by atoms with E-state index < -0.39 is 0 Å². The standard InChI is InChI=1S/C15H20N2O5/c1-20-12-8-11(9-13(21-2)14(12)22-3)15(19)17-6-4-16(10-18)5-7-17/h8-10H,4-7H2,1-3H3. The maximum absolute atomic E-state index is 12.6. The second kappa shape index (κ2) is 7.02. The average molecular weight is 308 g/mol. The molecule has 0 saturated carbocycles. The highest BCUT2D eigenvalue weighted by Crippen LogP contribution is 2.38. The van der Waals surface area contributed by atoms with Crippen LogP contribution < -0.4 is 14.2 Å². The molecule has 0 spiro atoms. The highest BCUT2D eigenvalue weighted by molar-refractivity contribution is 5.95. The Morgan fingerprint density at radius 3 is 1.95 bits per heavy atom. The number of methoxy groups -OCH3 is 3. The van der Waals surface area contributed by atoms with Gasteiger partial charge in [0.05, 0.1) is 21.3 Å². The molecule has 120 valence electrons. The van der Waals surface area contributed by atoms with Crippen molar-refractivity contribution in [3.63, 3.8) is 0 Å². The molecule has 1 aromatic carbocycles. The van der Waals surface area contributed by atoms with Gasteiger partial charge in [-0.1, -0.05) is 0 Å². The average Bonchev–Trinajstić information content (AvgIpc) is 2.59. The van der Waals surface area contributed by atoms with E-state index in [1.165, 1.54) is 21.3 Å². The van der Waals surface area contributed by atoms with Crippen molar-refractivity contribution in [2.24, 2.45) is 0 Å². The van der Waals surface area contributed by atoms with Crippen LogP contribution in [0.5, 0.6) is 17.2 Å². The third-order valence-electron chi connectivity index (χ3n) is 3.66.